The molecular weight excluding hydrogens is 456 g/mol. The van der Waals surface area contributed by atoms with Gasteiger partial charge in [0.1, 0.15) is 5.82 Å². The first-order valence-corrected chi connectivity index (χ1v) is 12.6. The van der Waals surface area contributed by atoms with Gasteiger partial charge in [0, 0.05) is 48.8 Å². The van der Waals surface area contributed by atoms with Crippen molar-refractivity contribution >= 4 is 23.5 Å². The van der Waals surface area contributed by atoms with Gasteiger partial charge >= 0.3 is 6.03 Å². The first-order valence-electron chi connectivity index (χ1n) is 12.6. The van der Waals surface area contributed by atoms with E-state index in [1.807, 2.05) is 37.3 Å². The van der Waals surface area contributed by atoms with Crippen molar-refractivity contribution in [3.63, 3.8) is 0 Å². The summed E-state index contributed by atoms with van der Waals surface area (Å²) in [5.74, 6) is 2.39. The average Bonchev–Trinajstić information content (AvgIpc) is 2.93. The maximum Gasteiger partial charge on any atom is 0.319 e. The third kappa shape index (κ3) is 5.08. The Kier molecular flexibility index (Phi) is 7.22. The number of nitrogens with zero attached hydrogens (tertiary/aromatic N) is 6. The van der Waals surface area contributed by atoms with E-state index in [4.69, 9.17) is 14.7 Å². The summed E-state index contributed by atoms with van der Waals surface area (Å²) < 4.78 is 5.77. The molecule has 0 aliphatic carbocycles. The SMILES string of the molecule is CCNC(=O)Nc1ccc(-c2nc3c(c(N4CCOC[C@@H]4CC)n2)CCN(c2ncccn2)C3)cc1. The molecule has 36 heavy (non-hydrogen) atoms. The highest BCUT2D eigenvalue weighted by molar-refractivity contribution is 5.89. The van der Waals surface area contributed by atoms with Crippen molar-refractivity contribution in [2.75, 3.05) is 48.0 Å². The molecule has 188 valence electrons. The molecule has 2 amide bonds. The summed E-state index contributed by atoms with van der Waals surface area (Å²) in [7, 11) is 0. The molecule has 3 aromatic rings. The Labute approximate surface area is 211 Å². The first kappa shape index (κ1) is 23.9. The normalized spacial score (nSPS) is 17.4. The quantitative estimate of drug-likeness (QED) is 0.544. The number of amides is 2. The number of carbonyl (C=O) groups is 1. The van der Waals surface area contributed by atoms with Crippen LogP contribution in [0.5, 0.6) is 0 Å². The highest BCUT2D eigenvalue weighted by Gasteiger charge is 2.30. The van der Waals surface area contributed by atoms with Gasteiger partial charge in [-0.25, -0.2) is 24.7 Å². The van der Waals surface area contributed by atoms with Crippen LogP contribution in [0, 0.1) is 0 Å². The van der Waals surface area contributed by atoms with Crippen molar-refractivity contribution in [3.8, 4) is 11.4 Å². The summed E-state index contributed by atoms with van der Waals surface area (Å²) in [4.78, 5) is 35.5. The summed E-state index contributed by atoms with van der Waals surface area (Å²) in [5.41, 5.74) is 3.81. The minimum Gasteiger partial charge on any atom is -0.377 e. The molecule has 0 bridgehead atoms. The number of carbonyl (C=O) groups excluding carboxylic acids is 1. The lowest BCUT2D eigenvalue weighted by Gasteiger charge is -2.39. The topological polar surface area (TPSA) is 108 Å². The molecule has 0 unspecified atom stereocenters. The van der Waals surface area contributed by atoms with Crippen LogP contribution in [0.4, 0.5) is 22.2 Å². The van der Waals surface area contributed by atoms with Gasteiger partial charge in [0.2, 0.25) is 5.95 Å². The number of aromatic nitrogens is 4. The van der Waals surface area contributed by atoms with Gasteiger partial charge in [0.05, 0.1) is 31.5 Å². The number of ether oxygens (including phenoxy) is 1. The lowest BCUT2D eigenvalue weighted by Crippen LogP contribution is -2.47. The van der Waals surface area contributed by atoms with Crippen LogP contribution in [-0.2, 0) is 17.7 Å². The molecular formula is C26H32N8O2. The third-order valence-electron chi connectivity index (χ3n) is 6.59. The molecule has 10 heteroatoms. The highest BCUT2D eigenvalue weighted by atomic mass is 16.5. The molecule has 2 aliphatic rings. The second kappa shape index (κ2) is 10.9. The number of rotatable bonds is 6. The zero-order valence-electron chi connectivity index (χ0n) is 20.8. The van der Waals surface area contributed by atoms with Crippen LogP contribution in [0.3, 0.4) is 0 Å². The smallest absolute Gasteiger partial charge is 0.319 e. The van der Waals surface area contributed by atoms with E-state index in [1.165, 1.54) is 5.56 Å². The molecule has 1 atom stereocenters. The number of fused-ring (bicyclic) bond motifs is 1. The Morgan fingerprint density at radius 1 is 1.11 bits per heavy atom. The second-order valence-electron chi connectivity index (χ2n) is 8.91. The zero-order chi connectivity index (χ0) is 24.9. The molecule has 0 saturated carbocycles. The molecule has 5 rings (SSSR count). The van der Waals surface area contributed by atoms with Gasteiger partial charge in [-0.3, -0.25) is 0 Å². The van der Waals surface area contributed by atoms with E-state index in [9.17, 15) is 4.79 Å². The number of urea groups is 1. The molecule has 4 heterocycles. The van der Waals surface area contributed by atoms with Crippen LogP contribution < -0.4 is 20.4 Å². The monoisotopic (exact) mass is 488 g/mol. The maximum atomic E-state index is 11.9. The molecule has 2 aromatic heterocycles. The standard InChI is InChI=1S/C26H32N8O2/c1-3-20-17-36-15-14-34(20)24-21-10-13-33(25-28-11-5-12-29-25)16-22(21)31-23(32-24)18-6-8-19(9-7-18)30-26(35)27-4-2/h5-9,11-12,20H,3-4,10,13-17H2,1-2H3,(H2,27,30,35)/t20-/m0/s1. The zero-order valence-corrected chi connectivity index (χ0v) is 20.8. The van der Waals surface area contributed by atoms with Crippen LogP contribution >= 0.6 is 0 Å². The minimum absolute atomic E-state index is 0.223. The van der Waals surface area contributed by atoms with Crippen molar-refractivity contribution in [1.82, 2.24) is 25.3 Å². The fraction of sp³-hybridized carbons (Fsp3) is 0.423. The van der Waals surface area contributed by atoms with E-state index >= 15 is 0 Å². The molecule has 1 aromatic carbocycles. The summed E-state index contributed by atoms with van der Waals surface area (Å²) in [6, 6.07) is 9.54. The van der Waals surface area contributed by atoms with E-state index in [1.54, 1.807) is 12.4 Å². The van der Waals surface area contributed by atoms with Crippen molar-refractivity contribution in [2.45, 2.75) is 39.3 Å². The Morgan fingerprint density at radius 2 is 1.92 bits per heavy atom. The number of anilines is 3. The van der Waals surface area contributed by atoms with Gasteiger partial charge in [0.25, 0.3) is 0 Å². The molecule has 1 fully saturated rings. The first-order chi connectivity index (χ1) is 17.7. The van der Waals surface area contributed by atoms with Crippen molar-refractivity contribution < 1.29 is 9.53 Å². The van der Waals surface area contributed by atoms with Crippen LogP contribution in [0.15, 0.2) is 42.7 Å². The number of morpholine rings is 1. The Hall–Kier alpha value is -3.79. The van der Waals surface area contributed by atoms with Gasteiger partial charge in [-0.1, -0.05) is 6.92 Å². The number of nitrogens with one attached hydrogen (secondary N) is 2. The second-order valence-corrected chi connectivity index (χ2v) is 8.91. The largest absolute Gasteiger partial charge is 0.377 e. The van der Waals surface area contributed by atoms with Gasteiger partial charge in [0.15, 0.2) is 5.82 Å². The number of hydrogen-bond acceptors (Lipinski definition) is 8. The van der Waals surface area contributed by atoms with Crippen molar-refractivity contribution in [1.29, 1.82) is 0 Å². The van der Waals surface area contributed by atoms with Gasteiger partial charge in [-0.15, -0.1) is 0 Å². The van der Waals surface area contributed by atoms with Crippen LogP contribution in [-0.4, -0.2) is 64.9 Å². The summed E-state index contributed by atoms with van der Waals surface area (Å²) in [6.45, 7) is 8.28. The lowest BCUT2D eigenvalue weighted by molar-refractivity contribution is 0.0924. The van der Waals surface area contributed by atoms with E-state index < -0.39 is 0 Å². The summed E-state index contributed by atoms with van der Waals surface area (Å²) in [5, 5.41) is 5.58. The Morgan fingerprint density at radius 3 is 2.67 bits per heavy atom. The van der Waals surface area contributed by atoms with E-state index in [2.05, 4.69) is 37.3 Å². The Bertz CT molecular complexity index is 1190. The molecule has 0 spiro atoms. The number of hydrogen-bond donors (Lipinski definition) is 2. The van der Waals surface area contributed by atoms with Crippen LogP contribution in [0.25, 0.3) is 11.4 Å². The molecule has 2 N–H and O–H groups in total. The predicted octanol–water partition coefficient (Wildman–Crippen LogP) is 3.25. The summed E-state index contributed by atoms with van der Waals surface area (Å²) >= 11 is 0. The summed E-state index contributed by atoms with van der Waals surface area (Å²) in [6.07, 6.45) is 5.35. The van der Waals surface area contributed by atoms with Crippen LogP contribution in [0.1, 0.15) is 31.5 Å². The van der Waals surface area contributed by atoms with Gasteiger partial charge in [-0.05, 0) is 50.1 Å². The molecule has 1 saturated heterocycles. The van der Waals surface area contributed by atoms with Crippen LogP contribution in [0.2, 0.25) is 0 Å². The molecule has 2 aliphatic heterocycles. The van der Waals surface area contributed by atoms with Gasteiger partial charge < -0.3 is 25.2 Å². The van der Waals surface area contributed by atoms with E-state index in [0.717, 1.165) is 48.7 Å². The fourth-order valence-electron chi connectivity index (χ4n) is 4.71. The van der Waals surface area contributed by atoms with E-state index in [-0.39, 0.29) is 12.1 Å². The van der Waals surface area contributed by atoms with E-state index in [0.29, 0.717) is 38.1 Å². The number of benzene rings is 1. The maximum absolute atomic E-state index is 11.9. The Balaban J connectivity index is 1.51. The van der Waals surface area contributed by atoms with Gasteiger partial charge in [-0.2, -0.15) is 0 Å². The van der Waals surface area contributed by atoms with Crippen molar-refractivity contribution in [3.05, 3.63) is 54.0 Å². The molecule has 0 radical (unpaired) electrons. The lowest BCUT2D eigenvalue weighted by atomic mass is 10.0. The third-order valence-corrected chi connectivity index (χ3v) is 6.59. The predicted molar refractivity (Wildman–Crippen MR) is 139 cm³/mol. The fourth-order valence-corrected chi connectivity index (χ4v) is 4.71. The minimum atomic E-state index is -0.223. The molecule has 10 nitrogen and oxygen atoms in total. The average molecular weight is 489 g/mol. The highest BCUT2D eigenvalue weighted by Crippen LogP contribution is 2.33. The van der Waals surface area contributed by atoms with Crippen molar-refractivity contribution in [2.24, 2.45) is 0 Å².